The highest BCUT2D eigenvalue weighted by atomic mass is 32.1. The SMILES string of the molecule is CCn1c(=O)[nH]c2cc(C(=O)N[C@H](C)Cc3nc4ccccc4s3)ccc2c1=O. The number of nitrogens with zero attached hydrogens (tertiary/aromatic N) is 2. The summed E-state index contributed by atoms with van der Waals surface area (Å²) >= 11 is 1.62. The van der Waals surface area contributed by atoms with Gasteiger partial charge in [-0.3, -0.25) is 14.2 Å². The van der Waals surface area contributed by atoms with E-state index in [1.165, 1.54) is 6.07 Å². The molecular formula is C21H20N4O3S. The fourth-order valence-corrected chi connectivity index (χ4v) is 4.41. The zero-order valence-corrected chi connectivity index (χ0v) is 16.9. The van der Waals surface area contributed by atoms with Gasteiger partial charge in [-0.25, -0.2) is 9.78 Å². The standard InChI is InChI=1S/C21H20N4O3S/c1-3-25-20(27)14-9-8-13(11-16(14)24-21(25)28)19(26)22-12(2)10-18-23-15-6-4-5-7-17(15)29-18/h4-9,11-12H,3,10H2,1-2H3,(H,22,26)(H,24,28)/t12-/m1/s1. The predicted molar refractivity (Wildman–Crippen MR) is 115 cm³/mol. The molecule has 4 aromatic rings. The summed E-state index contributed by atoms with van der Waals surface area (Å²) in [7, 11) is 0. The topological polar surface area (TPSA) is 96.8 Å². The van der Waals surface area contributed by atoms with Gasteiger partial charge in [0.15, 0.2) is 0 Å². The summed E-state index contributed by atoms with van der Waals surface area (Å²) in [4.78, 5) is 44.3. The Bertz CT molecular complexity index is 1300. The third-order valence-corrected chi connectivity index (χ3v) is 5.82. The van der Waals surface area contributed by atoms with Crippen molar-refractivity contribution in [1.82, 2.24) is 19.9 Å². The van der Waals surface area contributed by atoms with Crippen molar-refractivity contribution in [3.05, 3.63) is 73.9 Å². The molecule has 148 valence electrons. The predicted octanol–water partition coefficient (Wildman–Crippen LogP) is 2.68. The molecule has 0 saturated carbocycles. The van der Waals surface area contributed by atoms with Crippen LogP contribution in [0.2, 0.25) is 0 Å². The Morgan fingerprint density at radius 2 is 2.03 bits per heavy atom. The number of H-pyrrole nitrogens is 1. The van der Waals surface area contributed by atoms with Crippen LogP contribution >= 0.6 is 11.3 Å². The molecule has 0 aliphatic rings. The van der Waals surface area contributed by atoms with Crippen LogP contribution in [0.3, 0.4) is 0 Å². The Balaban J connectivity index is 1.53. The monoisotopic (exact) mass is 408 g/mol. The molecule has 1 atom stereocenters. The zero-order valence-electron chi connectivity index (χ0n) is 16.1. The largest absolute Gasteiger partial charge is 0.349 e. The molecule has 0 aliphatic heterocycles. The zero-order chi connectivity index (χ0) is 20.5. The lowest BCUT2D eigenvalue weighted by Crippen LogP contribution is -2.35. The first-order valence-electron chi connectivity index (χ1n) is 9.38. The first-order chi connectivity index (χ1) is 14.0. The second-order valence-corrected chi connectivity index (χ2v) is 8.01. The molecule has 0 bridgehead atoms. The molecule has 0 radical (unpaired) electrons. The van der Waals surface area contributed by atoms with Crippen molar-refractivity contribution >= 4 is 38.4 Å². The Labute approximate surface area is 170 Å². The smallest absolute Gasteiger partial charge is 0.328 e. The van der Waals surface area contributed by atoms with Crippen LogP contribution in [0.1, 0.15) is 29.2 Å². The van der Waals surface area contributed by atoms with Crippen molar-refractivity contribution in [3.8, 4) is 0 Å². The number of aromatic amines is 1. The van der Waals surface area contributed by atoms with E-state index >= 15 is 0 Å². The molecule has 7 nitrogen and oxygen atoms in total. The van der Waals surface area contributed by atoms with Crippen LogP contribution in [0, 0.1) is 0 Å². The molecular weight excluding hydrogens is 388 g/mol. The number of benzene rings is 2. The van der Waals surface area contributed by atoms with Crippen LogP contribution in [0.5, 0.6) is 0 Å². The van der Waals surface area contributed by atoms with Gasteiger partial charge in [0.25, 0.3) is 11.5 Å². The van der Waals surface area contributed by atoms with Crippen LogP contribution in [0.15, 0.2) is 52.1 Å². The van der Waals surface area contributed by atoms with Gasteiger partial charge < -0.3 is 10.3 Å². The molecule has 0 fully saturated rings. The number of thiazole rings is 1. The van der Waals surface area contributed by atoms with Crippen molar-refractivity contribution in [3.63, 3.8) is 0 Å². The summed E-state index contributed by atoms with van der Waals surface area (Å²) in [5.74, 6) is -0.263. The normalized spacial score (nSPS) is 12.3. The van der Waals surface area contributed by atoms with Gasteiger partial charge in [-0.2, -0.15) is 0 Å². The molecule has 0 spiro atoms. The van der Waals surface area contributed by atoms with Crippen molar-refractivity contribution in [1.29, 1.82) is 0 Å². The fourth-order valence-electron chi connectivity index (χ4n) is 3.31. The van der Waals surface area contributed by atoms with E-state index in [-0.39, 0.29) is 24.1 Å². The minimum atomic E-state index is -0.480. The minimum Gasteiger partial charge on any atom is -0.349 e. The maximum absolute atomic E-state index is 12.7. The van der Waals surface area contributed by atoms with Crippen LogP contribution in [0.4, 0.5) is 0 Å². The van der Waals surface area contributed by atoms with Gasteiger partial charge in [-0.1, -0.05) is 12.1 Å². The number of rotatable bonds is 5. The summed E-state index contributed by atoms with van der Waals surface area (Å²) < 4.78 is 2.25. The van der Waals surface area contributed by atoms with Gasteiger partial charge in [0.2, 0.25) is 0 Å². The number of hydrogen-bond acceptors (Lipinski definition) is 5. The second kappa shape index (κ2) is 7.63. The molecule has 29 heavy (non-hydrogen) atoms. The lowest BCUT2D eigenvalue weighted by Gasteiger charge is -2.13. The number of fused-ring (bicyclic) bond motifs is 2. The van der Waals surface area contributed by atoms with Crippen molar-refractivity contribution in [2.24, 2.45) is 0 Å². The van der Waals surface area contributed by atoms with Gasteiger partial charge in [0, 0.05) is 24.6 Å². The Morgan fingerprint density at radius 1 is 1.24 bits per heavy atom. The van der Waals surface area contributed by atoms with Gasteiger partial charge in [0.1, 0.15) is 0 Å². The third kappa shape index (κ3) is 3.71. The highest BCUT2D eigenvalue weighted by Gasteiger charge is 2.14. The highest BCUT2D eigenvalue weighted by molar-refractivity contribution is 7.18. The number of carbonyl (C=O) groups is 1. The van der Waals surface area contributed by atoms with Crippen molar-refractivity contribution < 1.29 is 4.79 Å². The van der Waals surface area contributed by atoms with Gasteiger partial charge >= 0.3 is 5.69 Å². The summed E-state index contributed by atoms with van der Waals surface area (Å²) in [5.41, 5.74) is 0.866. The molecule has 0 unspecified atom stereocenters. The van der Waals surface area contributed by atoms with E-state index < -0.39 is 5.69 Å². The van der Waals surface area contributed by atoms with E-state index in [2.05, 4.69) is 15.3 Å². The summed E-state index contributed by atoms with van der Waals surface area (Å²) in [6, 6.07) is 12.5. The number of para-hydroxylation sites is 1. The van der Waals surface area contributed by atoms with Crippen molar-refractivity contribution in [2.75, 3.05) is 0 Å². The van der Waals surface area contributed by atoms with Crippen molar-refractivity contribution in [2.45, 2.75) is 32.9 Å². The molecule has 1 amide bonds. The molecule has 4 rings (SSSR count). The number of hydrogen-bond donors (Lipinski definition) is 2. The van der Waals surface area contributed by atoms with E-state index in [1.807, 2.05) is 31.2 Å². The first-order valence-corrected chi connectivity index (χ1v) is 10.2. The molecule has 2 N–H and O–H groups in total. The summed E-state index contributed by atoms with van der Waals surface area (Å²) in [6.07, 6.45) is 0.622. The molecule has 0 saturated heterocycles. The lowest BCUT2D eigenvalue weighted by atomic mass is 10.1. The average molecular weight is 408 g/mol. The Hall–Kier alpha value is -3.26. The molecule has 8 heteroatoms. The highest BCUT2D eigenvalue weighted by Crippen LogP contribution is 2.22. The Morgan fingerprint density at radius 3 is 2.79 bits per heavy atom. The molecule has 2 aromatic carbocycles. The van der Waals surface area contributed by atoms with E-state index in [4.69, 9.17) is 0 Å². The van der Waals surface area contributed by atoms with Gasteiger partial charge in [-0.05, 0) is 44.2 Å². The van der Waals surface area contributed by atoms with E-state index in [0.717, 1.165) is 19.8 Å². The minimum absolute atomic E-state index is 0.120. The summed E-state index contributed by atoms with van der Waals surface area (Å²) in [6.45, 7) is 3.94. The Kier molecular flexibility index (Phi) is 5.02. The molecule has 2 aromatic heterocycles. The second-order valence-electron chi connectivity index (χ2n) is 6.89. The molecule has 0 aliphatic carbocycles. The summed E-state index contributed by atoms with van der Waals surface area (Å²) in [5, 5.41) is 4.30. The number of amides is 1. The van der Waals surface area contributed by atoms with Crippen LogP contribution < -0.4 is 16.6 Å². The average Bonchev–Trinajstić information content (AvgIpc) is 3.09. The number of aromatic nitrogens is 3. The third-order valence-electron chi connectivity index (χ3n) is 4.76. The van der Waals surface area contributed by atoms with Gasteiger partial charge in [-0.15, -0.1) is 11.3 Å². The maximum Gasteiger partial charge on any atom is 0.328 e. The molecule has 2 heterocycles. The number of carbonyl (C=O) groups excluding carboxylic acids is 1. The lowest BCUT2D eigenvalue weighted by molar-refractivity contribution is 0.0940. The van der Waals surface area contributed by atoms with E-state index in [1.54, 1.807) is 30.4 Å². The fraction of sp³-hybridized carbons (Fsp3) is 0.238. The first kappa shape index (κ1) is 19.1. The number of nitrogens with one attached hydrogen (secondary N) is 2. The quantitative estimate of drug-likeness (QED) is 0.531. The van der Waals surface area contributed by atoms with Crippen LogP contribution in [-0.4, -0.2) is 26.5 Å². The van der Waals surface area contributed by atoms with Crippen LogP contribution in [0.25, 0.3) is 21.1 Å². The van der Waals surface area contributed by atoms with E-state index in [0.29, 0.717) is 22.9 Å². The van der Waals surface area contributed by atoms with E-state index in [9.17, 15) is 14.4 Å². The van der Waals surface area contributed by atoms with Gasteiger partial charge in [0.05, 0.1) is 26.1 Å². The maximum atomic E-state index is 12.7. The van der Waals surface area contributed by atoms with Crippen LogP contribution in [-0.2, 0) is 13.0 Å².